The molecule has 0 aliphatic carbocycles. The van der Waals surface area contributed by atoms with Gasteiger partial charge in [-0.3, -0.25) is 4.94 Å². The van der Waals surface area contributed by atoms with Gasteiger partial charge in [-0.25, -0.2) is 23.3 Å². The first-order valence-electron chi connectivity index (χ1n) is 3.73. The Morgan fingerprint density at radius 3 is 1.65 bits per heavy atom. The molecular formula is C6H4F8Na2O4. The van der Waals surface area contributed by atoms with Crippen molar-refractivity contribution in [2.75, 3.05) is 0 Å². The van der Waals surface area contributed by atoms with Gasteiger partial charge in [0, 0.05) is 9.05 Å². The van der Waals surface area contributed by atoms with E-state index in [1.807, 2.05) is 4.94 Å². The molecule has 0 heterocycles. The van der Waals surface area contributed by atoms with E-state index in [9.17, 15) is 45.0 Å². The summed E-state index contributed by atoms with van der Waals surface area (Å²) < 4.78 is 97.3. The normalized spacial score (nSPS) is 14.2. The van der Waals surface area contributed by atoms with Gasteiger partial charge in [0.05, 0.1) is 0 Å². The average Bonchev–Trinajstić information content (AvgIpc) is 2.34. The Morgan fingerprint density at radius 1 is 0.950 bits per heavy atom. The monoisotopic (exact) mass is 338 g/mol. The fourth-order valence-corrected chi connectivity index (χ4v) is 0.704. The molecule has 20 heavy (non-hydrogen) atoms. The first kappa shape index (κ1) is 25.3. The molecule has 0 aromatic heterocycles. The molecule has 0 N–H and O–H groups in total. The minimum absolute atomic E-state index is 0. The van der Waals surface area contributed by atoms with Crippen LogP contribution in [0.15, 0.2) is 0 Å². The van der Waals surface area contributed by atoms with E-state index in [4.69, 9.17) is 0 Å². The molecular weight excluding hydrogens is 334 g/mol. The van der Waals surface area contributed by atoms with Crippen LogP contribution in [0.4, 0.5) is 35.4 Å². The second-order valence-electron chi connectivity index (χ2n) is 2.76. The largest absolute Gasteiger partial charge is 1.00 e. The van der Waals surface area contributed by atoms with Crippen LogP contribution in [-0.2, 0) is 19.5 Å². The molecule has 2 unspecified atom stereocenters. The molecule has 0 aromatic rings. The Kier molecular flexibility index (Phi) is 11.9. The number of carbonyl (C=O) groups excluding carboxylic acids is 2. The van der Waals surface area contributed by atoms with Crippen molar-refractivity contribution in [3.8, 4) is 0 Å². The second kappa shape index (κ2) is 9.41. The molecule has 14 heteroatoms. The third kappa shape index (κ3) is 4.98. The van der Waals surface area contributed by atoms with Gasteiger partial charge in [-0.2, -0.15) is 17.6 Å². The van der Waals surface area contributed by atoms with Gasteiger partial charge in [-0.15, -0.1) is 0 Å². The summed E-state index contributed by atoms with van der Waals surface area (Å²) in [6.45, 7) is 0. The molecule has 0 saturated carbocycles. The van der Waals surface area contributed by atoms with Crippen molar-refractivity contribution >= 4 is 11.9 Å². The number of halogens is 8. The SMILES string of the molecule is O=C(OF)C(F)C(F)C(F)(F)C(F)(F)C(=O)OF.[H-].[H-].[Na+].[Na+]. The number of carbonyl (C=O) groups is 2. The standard InChI is InChI=1S/C6H2F8O4.2Na.2H/c7-1(3(15)17-13)2(8)5(9,10)6(11,12)4(16)18-14;;;;/h1-2H;;;;/q;2*+1;2*-1. The molecule has 0 aromatic carbocycles. The van der Waals surface area contributed by atoms with Gasteiger partial charge in [-0.1, -0.05) is 0 Å². The average molecular weight is 338 g/mol. The maximum atomic E-state index is 12.6. The third-order valence-electron chi connectivity index (χ3n) is 1.65. The molecule has 0 rings (SSSR count). The summed E-state index contributed by atoms with van der Waals surface area (Å²) in [4.78, 5) is 23.7. The molecule has 0 amide bonds. The van der Waals surface area contributed by atoms with Gasteiger partial charge in [0.15, 0.2) is 0 Å². The Bertz CT molecular complexity index is 351. The third-order valence-corrected chi connectivity index (χ3v) is 1.65. The summed E-state index contributed by atoms with van der Waals surface area (Å²) in [5.41, 5.74) is 0. The van der Waals surface area contributed by atoms with Gasteiger partial charge >= 0.3 is 82.9 Å². The van der Waals surface area contributed by atoms with Crippen molar-refractivity contribution in [1.29, 1.82) is 0 Å². The Labute approximate surface area is 152 Å². The Hall–Kier alpha value is 0.380. The first-order chi connectivity index (χ1) is 8.03. The zero-order chi connectivity index (χ0) is 14.7. The topological polar surface area (TPSA) is 52.6 Å². The predicted molar refractivity (Wildman–Crippen MR) is 36.3 cm³/mol. The van der Waals surface area contributed by atoms with Gasteiger partial charge in [-0.05, 0) is 0 Å². The summed E-state index contributed by atoms with van der Waals surface area (Å²) in [6.07, 6.45) is -8.84. The summed E-state index contributed by atoms with van der Waals surface area (Å²) in [7, 11) is 0. The van der Waals surface area contributed by atoms with Crippen molar-refractivity contribution in [2.24, 2.45) is 0 Å². The zero-order valence-electron chi connectivity index (χ0n) is 11.8. The van der Waals surface area contributed by atoms with Crippen LogP contribution in [0.3, 0.4) is 0 Å². The van der Waals surface area contributed by atoms with E-state index in [2.05, 4.69) is 0 Å². The molecule has 0 saturated heterocycles. The molecule has 0 aliphatic heterocycles. The number of rotatable bonds is 5. The number of hydrogen-bond acceptors (Lipinski definition) is 4. The molecule has 0 radical (unpaired) electrons. The Morgan fingerprint density at radius 2 is 1.35 bits per heavy atom. The quantitative estimate of drug-likeness (QED) is 0.379. The summed E-state index contributed by atoms with van der Waals surface area (Å²) in [5, 5.41) is 0. The van der Waals surface area contributed by atoms with Crippen molar-refractivity contribution < 1.29 is 117 Å². The van der Waals surface area contributed by atoms with Crippen LogP contribution in [0.2, 0.25) is 0 Å². The fraction of sp³-hybridized carbons (Fsp3) is 0.667. The van der Waals surface area contributed by atoms with Crippen LogP contribution in [0.5, 0.6) is 0 Å². The molecule has 0 bridgehead atoms. The van der Waals surface area contributed by atoms with Crippen LogP contribution >= 0.6 is 0 Å². The summed E-state index contributed by atoms with van der Waals surface area (Å²) in [6, 6.07) is 0. The van der Waals surface area contributed by atoms with Gasteiger partial charge < -0.3 is 2.85 Å². The van der Waals surface area contributed by atoms with E-state index in [0.717, 1.165) is 0 Å². The van der Waals surface area contributed by atoms with Gasteiger partial charge in [0.2, 0.25) is 12.3 Å². The van der Waals surface area contributed by atoms with Crippen LogP contribution in [0.1, 0.15) is 2.85 Å². The minimum Gasteiger partial charge on any atom is -1.00 e. The van der Waals surface area contributed by atoms with E-state index in [0.29, 0.717) is 0 Å². The molecule has 4 nitrogen and oxygen atoms in total. The fourth-order valence-electron chi connectivity index (χ4n) is 0.704. The smallest absolute Gasteiger partial charge is 1.00 e. The molecule has 110 valence electrons. The summed E-state index contributed by atoms with van der Waals surface area (Å²) >= 11 is 0. The van der Waals surface area contributed by atoms with Crippen molar-refractivity contribution in [1.82, 2.24) is 0 Å². The van der Waals surface area contributed by atoms with E-state index < -0.39 is 36.1 Å². The van der Waals surface area contributed by atoms with Crippen molar-refractivity contribution in [3.05, 3.63) is 0 Å². The molecule has 0 aliphatic rings. The second-order valence-corrected chi connectivity index (χ2v) is 2.76. The van der Waals surface area contributed by atoms with Crippen molar-refractivity contribution in [2.45, 2.75) is 24.2 Å². The van der Waals surface area contributed by atoms with Crippen LogP contribution in [0.25, 0.3) is 0 Å². The van der Waals surface area contributed by atoms with Gasteiger partial charge in [0.1, 0.15) is 0 Å². The Balaban J connectivity index is -0.000000241. The predicted octanol–water partition coefficient (Wildman–Crippen LogP) is -3.98. The zero-order valence-corrected chi connectivity index (χ0v) is 13.8. The minimum atomic E-state index is -6.18. The maximum Gasteiger partial charge on any atom is 1.00 e. The first-order valence-corrected chi connectivity index (χ1v) is 3.73. The van der Waals surface area contributed by atoms with E-state index in [1.54, 1.807) is 4.94 Å². The molecule has 2 atom stereocenters. The maximum absolute atomic E-state index is 12.6. The molecule has 0 fully saturated rings. The molecule has 0 spiro atoms. The van der Waals surface area contributed by atoms with Crippen molar-refractivity contribution in [3.63, 3.8) is 0 Å². The van der Waals surface area contributed by atoms with E-state index in [-0.39, 0.29) is 62.0 Å². The van der Waals surface area contributed by atoms with E-state index in [1.165, 1.54) is 0 Å². The number of hydrogen-bond donors (Lipinski definition) is 0. The van der Waals surface area contributed by atoms with Crippen LogP contribution in [-0.4, -0.2) is 36.1 Å². The number of alkyl halides is 6. The van der Waals surface area contributed by atoms with Gasteiger partial charge in [0.25, 0.3) is 0 Å². The van der Waals surface area contributed by atoms with E-state index >= 15 is 0 Å². The summed E-state index contributed by atoms with van der Waals surface area (Å²) in [5.74, 6) is -18.7. The van der Waals surface area contributed by atoms with Crippen LogP contribution < -0.4 is 59.1 Å². The van der Waals surface area contributed by atoms with Crippen LogP contribution in [0, 0.1) is 0 Å².